The molecule has 0 aliphatic carbocycles. The number of aliphatic carboxylic acids is 1. The molecule has 0 spiro atoms. The molecule has 27 heavy (non-hydrogen) atoms. The maximum absolute atomic E-state index is 11.8. The summed E-state index contributed by atoms with van der Waals surface area (Å²) in [5, 5.41) is 13.7. The molecule has 2 amide bonds. The van der Waals surface area contributed by atoms with E-state index in [1.165, 1.54) is 14.0 Å². The van der Waals surface area contributed by atoms with Crippen molar-refractivity contribution >= 4 is 23.8 Å². The summed E-state index contributed by atoms with van der Waals surface area (Å²) in [7, 11) is 1.25. The molecular weight excluding hydrogens is 354 g/mol. The topological polar surface area (TPSA) is 127 Å². The molecule has 150 valence electrons. The Hall–Kier alpha value is -2.84. The Morgan fingerprint density at radius 3 is 2.63 bits per heavy atom. The van der Waals surface area contributed by atoms with Crippen LogP contribution in [-0.4, -0.2) is 53.1 Å². The number of carbonyl (C=O) groups excluding carboxylic acids is 3. The molecule has 1 aromatic heterocycles. The van der Waals surface area contributed by atoms with Crippen molar-refractivity contribution < 1.29 is 29.0 Å². The average Bonchev–Trinajstić information content (AvgIpc) is 3.07. The van der Waals surface area contributed by atoms with Gasteiger partial charge in [-0.25, -0.2) is 4.79 Å². The second-order valence-corrected chi connectivity index (χ2v) is 6.14. The first-order valence-electron chi connectivity index (χ1n) is 8.81. The Labute approximate surface area is 158 Å². The molecule has 0 saturated carbocycles. The van der Waals surface area contributed by atoms with Gasteiger partial charge in [-0.05, 0) is 37.8 Å². The van der Waals surface area contributed by atoms with Gasteiger partial charge in [-0.1, -0.05) is 0 Å². The van der Waals surface area contributed by atoms with Gasteiger partial charge in [0.1, 0.15) is 6.04 Å². The third-order valence-electron chi connectivity index (χ3n) is 3.98. The molecule has 1 aromatic rings. The fourth-order valence-electron chi connectivity index (χ4n) is 2.60. The highest BCUT2D eigenvalue weighted by Crippen LogP contribution is 2.10. The molecule has 0 aromatic carbocycles. The molecule has 9 nitrogen and oxygen atoms in total. The lowest BCUT2D eigenvalue weighted by Gasteiger charge is -2.17. The van der Waals surface area contributed by atoms with Crippen molar-refractivity contribution in [3.63, 3.8) is 0 Å². The molecule has 0 fully saturated rings. The Morgan fingerprint density at radius 2 is 2.00 bits per heavy atom. The lowest BCUT2D eigenvalue weighted by molar-refractivity contribution is -0.145. The van der Waals surface area contributed by atoms with E-state index in [1.54, 1.807) is 0 Å². The summed E-state index contributed by atoms with van der Waals surface area (Å²) in [5.41, 5.74) is 0.950. The van der Waals surface area contributed by atoms with Crippen molar-refractivity contribution in [3.8, 4) is 0 Å². The van der Waals surface area contributed by atoms with Gasteiger partial charge in [-0.3, -0.25) is 14.4 Å². The summed E-state index contributed by atoms with van der Waals surface area (Å²) in [4.78, 5) is 45.1. The standard InChI is InChI=1S/C18H27N3O6/c1-13(22)19-12-16(23)20-15(18(26)27-2)7-3-4-10-21-11-5-6-14(21)8-9-17(24)25/h5-6,11,15H,3-4,7-10,12H2,1-2H3,(H,19,22)(H,20,23)(H,24,25). The molecule has 0 aliphatic heterocycles. The van der Waals surface area contributed by atoms with Crippen LogP contribution in [0.1, 0.15) is 38.3 Å². The molecule has 0 bridgehead atoms. The van der Waals surface area contributed by atoms with Crippen molar-refractivity contribution in [1.82, 2.24) is 15.2 Å². The van der Waals surface area contributed by atoms with Gasteiger partial charge in [0, 0.05) is 25.4 Å². The second kappa shape index (κ2) is 11.7. The molecular formula is C18H27N3O6. The number of hydrogen-bond acceptors (Lipinski definition) is 5. The summed E-state index contributed by atoms with van der Waals surface area (Å²) < 4.78 is 6.70. The van der Waals surface area contributed by atoms with E-state index in [1.807, 2.05) is 22.9 Å². The Morgan fingerprint density at radius 1 is 1.26 bits per heavy atom. The van der Waals surface area contributed by atoms with Crippen LogP contribution in [0.15, 0.2) is 18.3 Å². The number of unbranched alkanes of at least 4 members (excludes halogenated alkanes) is 1. The zero-order valence-electron chi connectivity index (χ0n) is 15.7. The van der Waals surface area contributed by atoms with Crippen LogP contribution < -0.4 is 10.6 Å². The minimum Gasteiger partial charge on any atom is -0.481 e. The van der Waals surface area contributed by atoms with Gasteiger partial charge in [0.2, 0.25) is 11.8 Å². The van der Waals surface area contributed by atoms with E-state index in [4.69, 9.17) is 9.84 Å². The molecule has 1 rings (SSSR count). The first kappa shape index (κ1) is 22.2. The minimum atomic E-state index is -0.835. The number of nitrogens with zero attached hydrogens (tertiary/aromatic N) is 1. The molecule has 1 atom stereocenters. The maximum Gasteiger partial charge on any atom is 0.328 e. The fourth-order valence-corrected chi connectivity index (χ4v) is 2.60. The van der Waals surface area contributed by atoms with Gasteiger partial charge in [0.25, 0.3) is 0 Å². The van der Waals surface area contributed by atoms with Gasteiger partial charge in [-0.2, -0.15) is 0 Å². The third kappa shape index (κ3) is 8.89. The van der Waals surface area contributed by atoms with Crippen LogP contribution in [0.3, 0.4) is 0 Å². The van der Waals surface area contributed by atoms with Crippen LogP contribution >= 0.6 is 0 Å². The third-order valence-corrected chi connectivity index (χ3v) is 3.98. The monoisotopic (exact) mass is 381 g/mol. The highest BCUT2D eigenvalue weighted by molar-refractivity contribution is 5.87. The number of carboxylic acid groups (broad SMARTS) is 1. The number of ether oxygens (including phenoxy) is 1. The van der Waals surface area contributed by atoms with E-state index in [-0.39, 0.29) is 18.9 Å². The lowest BCUT2D eigenvalue weighted by atomic mass is 10.1. The molecule has 1 heterocycles. The van der Waals surface area contributed by atoms with Crippen molar-refractivity contribution in [1.29, 1.82) is 0 Å². The van der Waals surface area contributed by atoms with Gasteiger partial charge >= 0.3 is 11.9 Å². The predicted molar refractivity (Wildman–Crippen MR) is 96.9 cm³/mol. The number of aromatic nitrogens is 1. The number of hydrogen-bond donors (Lipinski definition) is 3. The number of esters is 1. The van der Waals surface area contributed by atoms with Crippen molar-refractivity contribution in [2.24, 2.45) is 0 Å². The fraction of sp³-hybridized carbons (Fsp3) is 0.556. The SMILES string of the molecule is COC(=O)C(CCCCn1cccc1CCC(=O)O)NC(=O)CNC(C)=O. The summed E-state index contributed by atoms with van der Waals surface area (Å²) in [6, 6.07) is 2.99. The van der Waals surface area contributed by atoms with E-state index in [9.17, 15) is 19.2 Å². The van der Waals surface area contributed by atoms with Crippen LogP contribution in [0.4, 0.5) is 0 Å². The van der Waals surface area contributed by atoms with Crippen molar-refractivity contribution in [3.05, 3.63) is 24.0 Å². The van der Waals surface area contributed by atoms with E-state index < -0.39 is 23.9 Å². The first-order valence-corrected chi connectivity index (χ1v) is 8.81. The zero-order valence-corrected chi connectivity index (χ0v) is 15.7. The van der Waals surface area contributed by atoms with Crippen LogP contribution in [-0.2, 0) is 36.9 Å². The van der Waals surface area contributed by atoms with E-state index in [0.717, 1.165) is 12.1 Å². The number of carbonyl (C=O) groups is 4. The Balaban J connectivity index is 2.44. The maximum atomic E-state index is 11.8. The number of aryl methyl sites for hydroxylation is 2. The number of amides is 2. The zero-order chi connectivity index (χ0) is 20.2. The molecule has 0 radical (unpaired) electrons. The number of nitrogens with one attached hydrogen (secondary N) is 2. The van der Waals surface area contributed by atoms with Gasteiger partial charge in [-0.15, -0.1) is 0 Å². The van der Waals surface area contributed by atoms with Crippen LogP contribution in [0.25, 0.3) is 0 Å². The van der Waals surface area contributed by atoms with Gasteiger partial charge < -0.3 is 25.0 Å². The van der Waals surface area contributed by atoms with Crippen molar-refractivity contribution in [2.45, 2.75) is 51.6 Å². The van der Waals surface area contributed by atoms with Gasteiger partial charge in [0.15, 0.2) is 0 Å². The Kier molecular flexibility index (Phi) is 9.63. The van der Waals surface area contributed by atoms with Crippen LogP contribution in [0.5, 0.6) is 0 Å². The van der Waals surface area contributed by atoms with Crippen molar-refractivity contribution in [2.75, 3.05) is 13.7 Å². The summed E-state index contributed by atoms with van der Waals surface area (Å²) in [6.45, 7) is 1.80. The molecule has 3 N–H and O–H groups in total. The summed E-state index contributed by atoms with van der Waals surface area (Å²) in [6.07, 6.45) is 4.26. The molecule has 0 saturated heterocycles. The quantitative estimate of drug-likeness (QED) is 0.357. The smallest absolute Gasteiger partial charge is 0.328 e. The Bertz CT molecular complexity index is 655. The lowest BCUT2D eigenvalue weighted by Crippen LogP contribution is -2.45. The number of rotatable bonds is 12. The number of methoxy groups -OCH3 is 1. The van der Waals surface area contributed by atoms with E-state index >= 15 is 0 Å². The highest BCUT2D eigenvalue weighted by atomic mass is 16.5. The second-order valence-electron chi connectivity index (χ2n) is 6.14. The average molecular weight is 381 g/mol. The van der Waals surface area contributed by atoms with Crippen LogP contribution in [0.2, 0.25) is 0 Å². The highest BCUT2D eigenvalue weighted by Gasteiger charge is 2.21. The molecule has 0 aliphatic rings. The largest absolute Gasteiger partial charge is 0.481 e. The predicted octanol–water partition coefficient (Wildman–Crippen LogP) is 0.470. The van der Waals surface area contributed by atoms with E-state index in [0.29, 0.717) is 25.8 Å². The van der Waals surface area contributed by atoms with Crippen LogP contribution in [0, 0.1) is 0 Å². The molecule has 9 heteroatoms. The minimum absolute atomic E-state index is 0.0781. The van der Waals surface area contributed by atoms with Gasteiger partial charge in [0.05, 0.1) is 20.1 Å². The summed E-state index contributed by atoms with van der Waals surface area (Å²) >= 11 is 0. The van der Waals surface area contributed by atoms with E-state index in [2.05, 4.69) is 10.6 Å². The number of carboxylic acids is 1. The molecule has 1 unspecified atom stereocenters. The summed E-state index contributed by atoms with van der Waals surface area (Å²) in [5.74, 6) is -2.15. The normalized spacial score (nSPS) is 11.5. The first-order chi connectivity index (χ1) is 12.8.